The number of nitriles is 1. The van der Waals surface area contributed by atoms with Crippen LogP contribution in [0.25, 0.3) is 0 Å². The lowest BCUT2D eigenvalue weighted by Gasteiger charge is -2.07. The molecule has 0 amide bonds. The average Bonchev–Trinajstić information content (AvgIpc) is 2.95. The van der Waals surface area contributed by atoms with Crippen LogP contribution in [0.4, 0.5) is 0 Å². The maximum absolute atomic E-state index is 8.91. The first-order valence-corrected chi connectivity index (χ1v) is 7.41. The number of hydrogen-bond acceptors (Lipinski definition) is 4. The molecule has 3 nitrogen and oxygen atoms in total. The third-order valence-electron chi connectivity index (χ3n) is 2.81. The highest BCUT2D eigenvalue weighted by Gasteiger charge is 2.04. The molecule has 2 aromatic rings. The molecule has 1 N–H and O–H groups in total. The Morgan fingerprint density at radius 2 is 2.14 bits per heavy atom. The van der Waals surface area contributed by atoms with Gasteiger partial charge in [-0.25, -0.2) is 0 Å². The van der Waals surface area contributed by atoms with Crippen LogP contribution in [0.15, 0.2) is 29.6 Å². The van der Waals surface area contributed by atoms with Gasteiger partial charge in [-0.05, 0) is 30.7 Å². The normalized spacial score (nSPS) is 9.57. The van der Waals surface area contributed by atoms with E-state index < -0.39 is 0 Å². The van der Waals surface area contributed by atoms with E-state index >= 15 is 0 Å². The van der Waals surface area contributed by atoms with Crippen LogP contribution in [0, 0.1) is 30.1 Å². The minimum atomic E-state index is 0.0849. The molecule has 4 heteroatoms. The quantitative estimate of drug-likeness (QED) is 0.881. The number of rotatable bonds is 4. The summed E-state index contributed by atoms with van der Waals surface area (Å²) in [6, 6.07) is 9.51. The molecule has 1 aromatic carbocycles. The van der Waals surface area contributed by atoms with E-state index in [1.807, 2.05) is 24.4 Å². The third kappa shape index (κ3) is 4.36. The first-order chi connectivity index (χ1) is 10.2. The smallest absolute Gasteiger partial charge is 0.124 e. The lowest BCUT2D eigenvalue weighted by atomic mass is 10.1. The Morgan fingerprint density at radius 3 is 2.90 bits per heavy atom. The molecule has 21 heavy (non-hydrogen) atoms. The van der Waals surface area contributed by atoms with Gasteiger partial charge in [-0.15, -0.1) is 11.3 Å². The molecule has 0 atom stereocenters. The van der Waals surface area contributed by atoms with Crippen molar-refractivity contribution < 1.29 is 9.84 Å². The number of aryl methyl sites for hydroxylation is 1. The Bertz CT molecular complexity index is 716. The fourth-order valence-corrected chi connectivity index (χ4v) is 2.44. The van der Waals surface area contributed by atoms with E-state index in [9.17, 15) is 0 Å². The zero-order valence-corrected chi connectivity index (χ0v) is 12.5. The topological polar surface area (TPSA) is 53.2 Å². The van der Waals surface area contributed by atoms with E-state index in [0.29, 0.717) is 18.6 Å². The molecular formula is C17H15NO2S. The minimum absolute atomic E-state index is 0.0849. The van der Waals surface area contributed by atoms with Crippen LogP contribution in [0.1, 0.15) is 28.0 Å². The molecule has 0 spiro atoms. The van der Waals surface area contributed by atoms with Gasteiger partial charge < -0.3 is 9.84 Å². The van der Waals surface area contributed by atoms with Gasteiger partial charge in [0.25, 0.3) is 0 Å². The number of aliphatic hydroxyl groups excluding tert-OH is 1. The molecule has 106 valence electrons. The second-order valence-electron chi connectivity index (χ2n) is 4.46. The molecule has 0 aliphatic carbocycles. The average molecular weight is 297 g/mol. The Kier molecular flexibility index (Phi) is 5.40. The highest BCUT2D eigenvalue weighted by Crippen LogP contribution is 2.22. The van der Waals surface area contributed by atoms with Crippen LogP contribution in [-0.4, -0.2) is 11.7 Å². The minimum Gasteiger partial charge on any atom is -0.488 e. The van der Waals surface area contributed by atoms with Gasteiger partial charge in [0.2, 0.25) is 0 Å². The van der Waals surface area contributed by atoms with Crippen LogP contribution in [0.2, 0.25) is 0 Å². The van der Waals surface area contributed by atoms with E-state index in [2.05, 4.69) is 17.9 Å². The summed E-state index contributed by atoms with van der Waals surface area (Å²) in [7, 11) is 0. The maximum atomic E-state index is 8.91. The molecule has 0 aliphatic rings. The van der Waals surface area contributed by atoms with Crippen LogP contribution in [0.5, 0.6) is 5.75 Å². The second kappa shape index (κ2) is 7.50. The number of aliphatic hydroxyl groups is 1. The molecule has 0 aliphatic heterocycles. The second-order valence-corrected chi connectivity index (χ2v) is 5.45. The Labute approximate surface area is 128 Å². The predicted molar refractivity (Wildman–Crippen MR) is 83.1 cm³/mol. The van der Waals surface area contributed by atoms with Crippen molar-refractivity contribution in [1.29, 1.82) is 5.26 Å². The van der Waals surface area contributed by atoms with Crippen molar-refractivity contribution in [3.05, 3.63) is 51.2 Å². The molecule has 0 bridgehead atoms. The number of benzene rings is 1. The van der Waals surface area contributed by atoms with Crippen molar-refractivity contribution in [3.63, 3.8) is 0 Å². The number of hydrogen-bond donors (Lipinski definition) is 1. The summed E-state index contributed by atoms with van der Waals surface area (Å²) in [5.74, 6) is 6.62. The van der Waals surface area contributed by atoms with Crippen molar-refractivity contribution in [1.82, 2.24) is 0 Å². The van der Waals surface area contributed by atoms with Crippen molar-refractivity contribution >= 4 is 11.3 Å². The summed E-state index contributed by atoms with van der Waals surface area (Å²) in [6.45, 7) is 2.50. The fourth-order valence-electron chi connectivity index (χ4n) is 1.72. The highest BCUT2D eigenvalue weighted by molar-refractivity contribution is 7.10. The lowest BCUT2D eigenvalue weighted by Crippen LogP contribution is -1.95. The molecule has 0 unspecified atom stereocenters. The van der Waals surface area contributed by atoms with E-state index in [0.717, 1.165) is 21.8 Å². The molecule has 0 radical (unpaired) electrons. The van der Waals surface area contributed by atoms with Gasteiger partial charge in [-0.2, -0.15) is 5.26 Å². The van der Waals surface area contributed by atoms with E-state index in [-0.39, 0.29) is 6.61 Å². The first kappa shape index (κ1) is 15.1. The first-order valence-electron chi connectivity index (χ1n) is 6.53. The lowest BCUT2D eigenvalue weighted by molar-refractivity contribution is 0.305. The highest BCUT2D eigenvalue weighted by atomic mass is 32.1. The van der Waals surface area contributed by atoms with Crippen molar-refractivity contribution in [2.75, 3.05) is 6.61 Å². The fraction of sp³-hybridized carbons (Fsp3) is 0.235. The zero-order chi connectivity index (χ0) is 15.1. The Balaban J connectivity index is 2.01. The van der Waals surface area contributed by atoms with Gasteiger partial charge in [-0.1, -0.05) is 17.9 Å². The van der Waals surface area contributed by atoms with Gasteiger partial charge in [0, 0.05) is 22.2 Å². The Hall–Kier alpha value is -2.27. The van der Waals surface area contributed by atoms with Gasteiger partial charge in [0.15, 0.2) is 0 Å². The molecule has 1 heterocycles. The summed E-state index contributed by atoms with van der Waals surface area (Å²) >= 11 is 1.59. The summed E-state index contributed by atoms with van der Waals surface area (Å²) in [4.78, 5) is 1.07. The van der Waals surface area contributed by atoms with E-state index in [1.54, 1.807) is 23.5 Å². The van der Waals surface area contributed by atoms with E-state index in [1.165, 1.54) is 0 Å². The standard InChI is InChI=1S/C17H15NO2S/c1-13-5-6-14(10-18)9-17(13)20-11-16-8-15(12-21-16)4-2-3-7-19/h5-6,8-9,12,19H,3,7,11H2,1H3. The summed E-state index contributed by atoms with van der Waals surface area (Å²) < 4.78 is 5.78. The van der Waals surface area contributed by atoms with Crippen LogP contribution in [0.3, 0.4) is 0 Å². The van der Waals surface area contributed by atoms with Gasteiger partial charge >= 0.3 is 0 Å². The Morgan fingerprint density at radius 1 is 1.29 bits per heavy atom. The molecule has 0 fully saturated rings. The van der Waals surface area contributed by atoms with Crippen LogP contribution in [-0.2, 0) is 6.61 Å². The van der Waals surface area contributed by atoms with Crippen molar-refractivity contribution in [3.8, 4) is 23.7 Å². The number of thiophene rings is 1. The largest absolute Gasteiger partial charge is 0.488 e. The molecule has 2 rings (SSSR count). The maximum Gasteiger partial charge on any atom is 0.124 e. The van der Waals surface area contributed by atoms with Gasteiger partial charge in [0.05, 0.1) is 18.2 Å². The third-order valence-corrected chi connectivity index (χ3v) is 3.72. The van der Waals surface area contributed by atoms with Crippen molar-refractivity contribution in [2.24, 2.45) is 0 Å². The molecule has 1 aromatic heterocycles. The van der Waals surface area contributed by atoms with Crippen LogP contribution < -0.4 is 4.74 Å². The molecular weight excluding hydrogens is 282 g/mol. The summed E-state index contributed by atoms with van der Waals surface area (Å²) in [5, 5.41) is 19.6. The summed E-state index contributed by atoms with van der Waals surface area (Å²) in [6.07, 6.45) is 0.488. The number of nitrogens with zero attached hydrogens (tertiary/aromatic N) is 1. The van der Waals surface area contributed by atoms with Gasteiger partial charge in [0.1, 0.15) is 12.4 Å². The van der Waals surface area contributed by atoms with Gasteiger partial charge in [-0.3, -0.25) is 0 Å². The monoisotopic (exact) mass is 297 g/mol. The SMILES string of the molecule is Cc1ccc(C#N)cc1OCc1cc(C#CCCO)cs1. The zero-order valence-electron chi connectivity index (χ0n) is 11.7. The number of ether oxygens (including phenoxy) is 1. The van der Waals surface area contributed by atoms with E-state index in [4.69, 9.17) is 15.1 Å². The molecule has 0 saturated carbocycles. The van der Waals surface area contributed by atoms with Crippen molar-refractivity contribution in [2.45, 2.75) is 20.0 Å². The van der Waals surface area contributed by atoms with Crippen LogP contribution >= 0.6 is 11.3 Å². The molecule has 0 saturated heterocycles. The summed E-state index contributed by atoms with van der Waals surface area (Å²) in [5.41, 5.74) is 2.54. The predicted octanol–water partition coefficient (Wildman–Crippen LogP) is 3.24.